The largest absolute Gasteiger partial charge is 0.334 e. The van der Waals surface area contributed by atoms with Crippen molar-refractivity contribution in [1.82, 2.24) is 19.7 Å². The summed E-state index contributed by atoms with van der Waals surface area (Å²) >= 11 is 3.40. The van der Waals surface area contributed by atoms with Crippen molar-refractivity contribution in [3.8, 4) is 22.8 Å². The fraction of sp³-hybridized carbons (Fsp3) is 0.167. The van der Waals surface area contributed by atoms with E-state index in [4.69, 9.17) is 4.52 Å². The third kappa shape index (κ3) is 2.91. The predicted octanol–water partition coefficient (Wildman–Crippen LogP) is 4.22. The smallest absolute Gasteiger partial charge is 0.326 e. The van der Waals surface area contributed by atoms with Crippen molar-refractivity contribution >= 4 is 27.0 Å². The molecule has 0 bridgehead atoms. The first-order valence-corrected chi connectivity index (χ1v) is 8.77. The lowest BCUT2D eigenvalue weighted by atomic mass is 10.2. The van der Waals surface area contributed by atoms with Gasteiger partial charge in [0.15, 0.2) is 0 Å². The number of aromatic nitrogens is 4. The molecule has 0 amide bonds. The predicted molar refractivity (Wildman–Crippen MR) is 99.3 cm³/mol. The minimum atomic E-state index is -0.0994. The van der Waals surface area contributed by atoms with Gasteiger partial charge in [0.2, 0.25) is 5.82 Å². The molecule has 4 rings (SSSR count). The molecule has 2 aromatic carbocycles. The molecule has 0 atom stereocenters. The highest BCUT2D eigenvalue weighted by atomic mass is 79.9. The zero-order chi connectivity index (χ0) is 17.4. The number of aromatic amines is 1. The molecular formula is C18H15BrN4O2. The number of H-pyrrole nitrogens is 1. The van der Waals surface area contributed by atoms with Gasteiger partial charge in [-0.25, -0.2) is 4.79 Å². The Bertz CT molecular complexity index is 1090. The number of nitrogens with zero attached hydrogens (tertiary/aromatic N) is 3. The van der Waals surface area contributed by atoms with Crippen LogP contribution >= 0.6 is 15.9 Å². The number of nitrogens with one attached hydrogen (secondary N) is 1. The molecule has 1 N–H and O–H groups in total. The molecule has 0 aliphatic heterocycles. The van der Waals surface area contributed by atoms with Crippen molar-refractivity contribution in [2.24, 2.45) is 0 Å². The van der Waals surface area contributed by atoms with E-state index in [1.165, 1.54) is 0 Å². The highest BCUT2D eigenvalue weighted by Crippen LogP contribution is 2.25. The van der Waals surface area contributed by atoms with E-state index in [-0.39, 0.29) is 5.69 Å². The summed E-state index contributed by atoms with van der Waals surface area (Å²) < 4.78 is 8.10. The third-order valence-corrected chi connectivity index (χ3v) is 4.53. The molecule has 2 heterocycles. The number of hydrogen-bond acceptors (Lipinski definition) is 4. The molecule has 0 saturated heterocycles. The maximum absolute atomic E-state index is 12.0. The summed E-state index contributed by atoms with van der Waals surface area (Å²) in [5.41, 5.74) is 3.20. The summed E-state index contributed by atoms with van der Waals surface area (Å²) in [6.07, 6.45) is 0.899. The van der Waals surface area contributed by atoms with Crippen LogP contribution in [0.25, 0.3) is 33.9 Å². The molecule has 6 nitrogen and oxygen atoms in total. The SMILES string of the molecule is CCCn1c(=O)[nH]c2cc(-c3noc(-c4ccc(Br)cc4)n3)ccc21. The van der Waals surface area contributed by atoms with Crippen LogP contribution in [0.3, 0.4) is 0 Å². The van der Waals surface area contributed by atoms with Crippen molar-refractivity contribution < 1.29 is 4.52 Å². The molecule has 0 aliphatic carbocycles. The molecule has 7 heteroatoms. The Morgan fingerprint density at radius 1 is 1.16 bits per heavy atom. The Morgan fingerprint density at radius 2 is 1.92 bits per heavy atom. The lowest BCUT2D eigenvalue weighted by molar-refractivity contribution is 0.432. The molecule has 25 heavy (non-hydrogen) atoms. The van der Waals surface area contributed by atoms with E-state index in [2.05, 4.69) is 31.1 Å². The summed E-state index contributed by atoms with van der Waals surface area (Å²) in [7, 11) is 0. The van der Waals surface area contributed by atoms with Crippen LogP contribution in [0.15, 0.2) is 56.3 Å². The quantitative estimate of drug-likeness (QED) is 0.558. The van der Waals surface area contributed by atoms with Crippen molar-refractivity contribution in [1.29, 1.82) is 0 Å². The maximum Gasteiger partial charge on any atom is 0.326 e. The van der Waals surface area contributed by atoms with Crippen LogP contribution in [0.2, 0.25) is 0 Å². The first-order valence-electron chi connectivity index (χ1n) is 7.98. The second-order valence-electron chi connectivity index (χ2n) is 5.74. The number of halogens is 1. The van der Waals surface area contributed by atoms with E-state index in [0.29, 0.717) is 18.3 Å². The van der Waals surface area contributed by atoms with Gasteiger partial charge in [-0.05, 0) is 48.9 Å². The van der Waals surface area contributed by atoms with Crippen LogP contribution in [-0.4, -0.2) is 19.7 Å². The Morgan fingerprint density at radius 3 is 2.68 bits per heavy atom. The second-order valence-corrected chi connectivity index (χ2v) is 6.66. The lowest BCUT2D eigenvalue weighted by Crippen LogP contribution is -2.16. The van der Waals surface area contributed by atoms with Gasteiger partial charge in [-0.15, -0.1) is 0 Å². The minimum absolute atomic E-state index is 0.0994. The highest BCUT2D eigenvalue weighted by Gasteiger charge is 2.13. The van der Waals surface area contributed by atoms with Gasteiger partial charge in [0.05, 0.1) is 11.0 Å². The molecule has 0 saturated carbocycles. The van der Waals surface area contributed by atoms with Gasteiger partial charge in [0.1, 0.15) is 0 Å². The van der Waals surface area contributed by atoms with Gasteiger partial charge < -0.3 is 9.51 Å². The van der Waals surface area contributed by atoms with Gasteiger partial charge in [0, 0.05) is 22.1 Å². The van der Waals surface area contributed by atoms with Crippen LogP contribution in [0.4, 0.5) is 0 Å². The van der Waals surface area contributed by atoms with Gasteiger partial charge in [-0.2, -0.15) is 4.98 Å². The first kappa shape index (κ1) is 15.8. The van der Waals surface area contributed by atoms with Crippen LogP contribution in [0.1, 0.15) is 13.3 Å². The zero-order valence-corrected chi connectivity index (χ0v) is 15.1. The average molecular weight is 399 g/mol. The average Bonchev–Trinajstić information content (AvgIpc) is 3.21. The molecule has 126 valence electrons. The van der Waals surface area contributed by atoms with Crippen LogP contribution in [0, 0.1) is 0 Å². The van der Waals surface area contributed by atoms with Crippen LogP contribution < -0.4 is 5.69 Å². The Balaban J connectivity index is 1.73. The Hall–Kier alpha value is -2.67. The topological polar surface area (TPSA) is 76.7 Å². The molecule has 0 spiro atoms. The van der Waals surface area contributed by atoms with Crippen LogP contribution in [0.5, 0.6) is 0 Å². The summed E-state index contributed by atoms with van der Waals surface area (Å²) in [6.45, 7) is 2.73. The lowest BCUT2D eigenvalue weighted by Gasteiger charge is -2.00. The maximum atomic E-state index is 12.0. The fourth-order valence-electron chi connectivity index (χ4n) is 2.80. The van der Waals surface area contributed by atoms with Crippen molar-refractivity contribution in [2.45, 2.75) is 19.9 Å². The molecule has 0 fully saturated rings. The van der Waals surface area contributed by atoms with Gasteiger partial charge >= 0.3 is 5.69 Å². The zero-order valence-electron chi connectivity index (χ0n) is 13.5. The summed E-state index contributed by atoms with van der Waals surface area (Å²) in [5, 5.41) is 4.06. The minimum Gasteiger partial charge on any atom is -0.334 e. The number of aryl methyl sites for hydroxylation is 1. The molecule has 0 aliphatic rings. The van der Waals surface area contributed by atoms with E-state index >= 15 is 0 Å². The molecule has 4 aromatic rings. The number of imidazole rings is 1. The van der Waals surface area contributed by atoms with Crippen molar-refractivity contribution in [3.05, 3.63) is 57.4 Å². The standard InChI is InChI=1S/C18H15BrN4O2/c1-2-9-23-15-8-5-12(10-14(15)20-18(23)24)16-21-17(25-22-16)11-3-6-13(19)7-4-11/h3-8,10H,2,9H2,1H3,(H,20,24). The highest BCUT2D eigenvalue weighted by molar-refractivity contribution is 9.10. The molecule has 2 aromatic heterocycles. The van der Waals surface area contributed by atoms with E-state index in [0.717, 1.165) is 33.1 Å². The summed E-state index contributed by atoms with van der Waals surface area (Å²) in [4.78, 5) is 19.4. The number of rotatable bonds is 4. The van der Waals surface area contributed by atoms with E-state index < -0.39 is 0 Å². The number of benzene rings is 2. The normalized spacial score (nSPS) is 11.3. The molecule has 0 unspecified atom stereocenters. The third-order valence-electron chi connectivity index (χ3n) is 4.00. The summed E-state index contributed by atoms with van der Waals surface area (Å²) in [5.74, 6) is 0.948. The van der Waals surface area contributed by atoms with Gasteiger partial charge in [0.25, 0.3) is 5.89 Å². The van der Waals surface area contributed by atoms with E-state index in [9.17, 15) is 4.79 Å². The molecule has 0 radical (unpaired) electrons. The number of fused-ring (bicyclic) bond motifs is 1. The van der Waals surface area contributed by atoms with Crippen molar-refractivity contribution in [2.75, 3.05) is 0 Å². The summed E-state index contributed by atoms with van der Waals surface area (Å²) in [6, 6.07) is 13.4. The Labute approximate surface area is 151 Å². The monoisotopic (exact) mass is 398 g/mol. The second kappa shape index (κ2) is 6.33. The van der Waals surface area contributed by atoms with Gasteiger partial charge in [-0.3, -0.25) is 4.57 Å². The van der Waals surface area contributed by atoms with Crippen LogP contribution in [-0.2, 0) is 6.54 Å². The van der Waals surface area contributed by atoms with E-state index in [1.54, 1.807) is 4.57 Å². The number of hydrogen-bond donors (Lipinski definition) is 1. The van der Waals surface area contributed by atoms with E-state index in [1.807, 2.05) is 49.4 Å². The Kier molecular flexibility index (Phi) is 4.01. The first-order chi connectivity index (χ1) is 12.2. The molecular weight excluding hydrogens is 384 g/mol. The van der Waals surface area contributed by atoms with Gasteiger partial charge in [-0.1, -0.05) is 28.0 Å². The van der Waals surface area contributed by atoms with Crippen molar-refractivity contribution in [3.63, 3.8) is 0 Å². The fourth-order valence-corrected chi connectivity index (χ4v) is 3.06.